The third-order valence-corrected chi connectivity index (χ3v) is 3.29. The summed E-state index contributed by atoms with van der Waals surface area (Å²) in [5, 5.41) is 0. The van der Waals surface area contributed by atoms with Crippen LogP contribution in [0, 0.1) is 0 Å². The molecule has 0 aromatic carbocycles. The molecular weight excluding hydrogens is 218 g/mol. The van der Waals surface area contributed by atoms with E-state index in [9.17, 15) is 4.79 Å². The number of furan rings is 1. The molecule has 0 unspecified atom stereocenters. The molecule has 1 rings (SSSR count). The van der Waals surface area contributed by atoms with Crippen LogP contribution in [0.1, 0.15) is 36.9 Å². The fourth-order valence-corrected chi connectivity index (χ4v) is 1.65. The van der Waals surface area contributed by atoms with E-state index in [0.29, 0.717) is 18.7 Å². The predicted octanol–water partition coefficient (Wildman–Crippen LogP) is 2.44. The zero-order valence-corrected chi connectivity index (χ0v) is 11.2. The van der Waals surface area contributed by atoms with Gasteiger partial charge < -0.3 is 13.6 Å². The Balaban J connectivity index is 2.85. The van der Waals surface area contributed by atoms with Crippen molar-refractivity contribution >= 4 is 5.97 Å². The standard InChI is InChI=1S/C13H22NO3/c1-5-14(4,6-2)10-12-11(8-9-17-12)13(15)16-7-3/h8-9H,5-7,10H2,1-4H3/q+1. The molecule has 0 fully saturated rings. The first kappa shape index (κ1) is 13.8. The lowest BCUT2D eigenvalue weighted by Crippen LogP contribution is -2.42. The van der Waals surface area contributed by atoms with E-state index < -0.39 is 0 Å². The lowest BCUT2D eigenvalue weighted by molar-refractivity contribution is -0.920. The van der Waals surface area contributed by atoms with Gasteiger partial charge in [-0.25, -0.2) is 4.79 Å². The van der Waals surface area contributed by atoms with Gasteiger partial charge in [-0.15, -0.1) is 0 Å². The van der Waals surface area contributed by atoms with Crippen molar-refractivity contribution in [2.45, 2.75) is 27.3 Å². The Hall–Kier alpha value is -1.29. The summed E-state index contributed by atoms with van der Waals surface area (Å²) in [6.45, 7) is 9.17. The minimum Gasteiger partial charge on any atom is -0.462 e. The van der Waals surface area contributed by atoms with E-state index in [4.69, 9.17) is 9.15 Å². The highest BCUT2D eigenvalue weighted by atomic mass is 16.5. The van der Waals surface area contributed by atoms with Gasteiger partial charge in [0.2, 0.25) is 0 Å². The third-order valence-electron chi connectivity index (χ3n) is 3.29. The molecule has 0 saturated heterocycles. The topological polar surface area (TPSA) is 39.4 Å². The fraction of sp³-hybridized carbons (Fsp3) is 0.615. The molecule has 4 heteroatoms. The SMILES string of the molecule is CCOC(=O)c1ccoc1C[N+](C)(CC)CC. The molecule has 0 aliphatic heterocycles. The second-order valence-electron chi connectivity index (χ2n) is 4.39. The number of carbonyl (C=O) groups excluding carboxylic acids is 1. The fourth-order valence-electron chi connectivity index (χ4n) is 1.65. The van der Waals surface area contributed by atoms with Crippen LogP contribution < -0.4 is 0 Å². The maximum atomic E-state index is 11.7. The zero-order valence-electron chi connectivity index (χ0n) is 11.2. The van der Waals surface area contributed by atoms with Crippen molar-refractivity contribution in [1.29, 1.82) is 0 Å². The predicted molar refractivity (Wildman–Crippen MR) is 65.6 cm³/mol. The van der Waals surface area contributed by atoms with Crippen molar-refractivity contribution in [2.75, 3.05) is 26.7 Å². The monoisotopic (exact) mass is 240 g/mol. The van der Waals surface area contributed by atoms with Gasteiger partial charge in [0.15, 0.2) is 5.76 Å². The molecular formula is C13H22NO3+. The van der Waals surface area contributed by atoms with E-state index >= 15 is 0 Å². The number of nitrogens with zero attached hydrogens (tertiary/aromatic N) is 1. The third kappa shape index (κ3) is 3.33. The second-order valence-corrected chi connectivity index (χ2v) is 4.39. The van der Waals surface area contributed by atoms with E-state index in [1.54, 1.807) is 19.3 Å². The Morgan fingerprint density at radius 3 is 2.53 bits per heavy atom. The molecule has 0 atom stereocenters. The van der Waals surface area contributed by atoms with Crippen LogP contribution in [0.25, 0.3) is 0 Å². The molecule has 0 saturated carbocycles. The molecule has 0 N–H and O–H groups in total. The van der Waals surface area contributed by atoms with Crippen molar-refractivity contribution in [3.63, 3.8) is 0 Å². The summed E-state index contributed by atoms with van der Waals surface area (Å²) in [5.74, 6) is 0.421. The zero-order chi connectivity index (χ0) is 12.9. The van der Waals surface area contributed by atoms with Crippen LogP contribution in [0.2, 0.25) is 0 Å². The van der Waals surface area contributed by atoms with Gasteiger partial charge in [0.1, 0.15) is 12.1 Å². The second kappa shape index (κ2) is 5.87. The van der Waals surface area contributed by atoms with Crippen molar-refractivity contribution in [3.8, 4) is 0 Å². The van der Waals surface area contributed by atoms with Gasteiger partial charge in [0, 0.05) is 0 Å². The Morgan fingerprint density at radius 2 is 2.00 bits per heavy atom. The summed E-state index contributed by atoms with van der Waals surface area (Å²) in [5.41, 5.74) is 0.554. The van der Waals surface area contributed by atoms with Gasteiger partial charge >= 0.3 is 5.97 Å². The van der Waals surface area contributed by atoms with Gasteiger partial charge in [-0.3, -0.25) is 0 Å². The smallest absolute Gasteiger partial charge is 0.341 e. The molecule has 96 valence electrons. The number of carbonyl (C=O) groups is 1. The summed E-state index contributed by atoms with van der Waals surface area (Å²) < 4.78 is 11.3. The van der Waals surface area contributed by atoms with Crippen LogP contribution in [0.3, 0.4) is 0 Å². The first-order valence-corrected chi connectivity index (χ1v) is 6.13. The van der Waals surface area contributed by atoms with Crippen molar-refractivity contribution in [1.82, 2.24) is 0 Å². The lowest BCUT2D eigenvalue weighted by atomic mass is 10.2. The van der Waals surface area contributed by atoms with E-state index in [0.717, 1.165) is 23.3 Å². The lowest BCUT2D eigenvalue weighted by Gasteiger charge is -2.31. The van der Waals surface area contributed by atoms with Crippen LogP contribution in [0.4, 0.5) is 0 Å². The number of quaternary nitrogens is 1. The number of ether oxygens (including phenoxy) is 1. The van der Waals surface area contributed by atoms with Crippen LogP contribution in [0.15, 0.2) is 16.7 Å². The van der Waals surface area contributed by atoms with Gasteiger partial charge in [0.05, 0.1) is 33.0 Å². The van der Waals surface area contributed by atoms with E-state index in [1.807, 2.05) is 0 Å². The quantitative estimate of drug-likeness (QED) is 0.566. The Morgan fingerprint density at radius 1 is 1.35 bits per heavy atom. The average molecular weight is 240 g/mol. The Bertz CT molecular complexity index is 366. The van der Waals surface area contributed by atoms with Gasteiger partial charge in [0.25, 0.3) is 0 Å². The van der Waals surface area contributed by atoms with Gasteiger partial charge in [-0.05, 0) is 26.8 Å². The molecule has 1 aromatic rings. The number of esters is 1. The van der Waals surface area contributed by atoms with E-state index in [-0.39, 0.29) is 5.97 Å². The molecule has 1 aromatic heterocycles. The molecule has 0 amide bonds. The molecule has 0 aliphatic carbocycles. The van der Waals surface area contributed by atoms with E-state index in [2.05, 4.69) is 20.9 Å². The van der Waals surface area contributed by atoms with Crippen LogP contribution in [-0.4, -0.2) is 37.2 Å². The highest BCUT2D eigenvalue weighted by Crippen LogP contribution is 2.18. The number of hydrogen-bond donors (Lipinski definition) is 0. The minimum atomic E-state index is -0.296. The van der Waals surface area contributed by atoms with Gasteiger partial charge in [-0.2, -0.15) is 0 Å². The number of rotatable bonds is 6. The normalized spacial score (nSPS) is 11.5. The summed E-state index contributed by atoms with van der Waals surface area (Å²) in [4.78, 5) is 11.7. The van der Waals surface area contributed by atoms with Gasteiger partial charge in [-0.1, -0.05) is 0 Å². The maximum Gasteiger partial charge on any atom is 0.341 e. The van der Waals surface area contributed by atoms with Crippen LogP contribution in [0.5, 0.6) is 0 Å². The highest BCUT2D eigenvalue weighted by Gasteiger charge is 2.24. The first-order valence-electron chi connectivity index (χ1n) is 6.13. The molecule has 1 heterocycles. The van der Waals surface area contributed by atoms with E-state index in [1.165, 1.54) is 0 Å². The summed E-state index contributed by atoms with van der Waals surface area (Å²) in [6, 6.07) is 1.68. The largest absolute Gasteiger partial charge is 0.462 e. The maximum absolute atomic E-state index is 11.7. The molecule has 17 heavy (non-hydrogen) atoms. The molecule has 0 radical (unpaired) electrons. The average Bonchev–Trinajstić information content (AvgIpc) is 2.77. The van der Waals surface area contributed by atoms with Crippen molar-refractivity contribution in [2.24, 2.45) is 0 Å². The molecule has 0 aliphatic rings. The number of hydrogen-bond acceptors (Lipinski definition) is 3. The summed E-state index contributed by atoms with van der Waals surface area (Å²) in [6.07, 6.45) is 1.55. The summed E-state index contributed by atoms with van der Waals surface area (Å²) in [7, 11) is 2.15. The molecule has 0 spiro atoms. The highest BCUT2D eigenvalue weighted by molar-refractivity contribution is 5.90. The van der Waals surface area contributed by atoms with Crippen LogP contribution >= 0.6 is 0 Å². The van der Waals surface area contributed by atoms with Crippen LogP contribution in [-0.2, 0) is 11.3 Å². The molecule has 0 bridgehead atoms. The Kier molecular flexibility index (Phi) is 4.75. The minimum absolute atomic E-state index is 0.296. The first-order chi connectivity index (χ1) is 8.06. The Labute approximate surface area is 103 Å². The molecule has 4 nitrogen and oxygen atoms in total. The summed E-state index contributed by atoms with van der Waals surface area (Å²) >= 11 is 0. The van der Waals surface area contributed by atoms with Crippen molar-refractivity contribution < 1.29 is 18.4 Å². The van der Waals surface area contributed by atoms with Crippen molar-refractivity contribution in [3.05, 3.63) is 23.7 Å².